The Labute approximate surface area is 136 Å². The standard InChI is InChI=1S/C17H25NOSi.C2H6/c1-20(2,3)12-18-11-10-13-6-4-5-7-14(13)17-15(18)8-9-16(17)19;1-2/h4-7,15,17H,8-12H2,1-3H3;1-2H3. The van der Waals surface area contributed by atoms with Crippen LogP contribution in [0.25, 0.3) is 0 Å². The Morgan fingerprint density at radius 1 is 1.14 bits per heavy atom. The summed E-state index contributed by atoms with van der Waals surface area (Å²) in [6, 6.07) is 9.07. The van der Waals surface area contributed by atoms with Crippen molar-refractivity contribution < 1.29 is 4.79 Å². The highest BCUT2D eigenvalue weighted by atomic mass is 28.3. The van der Waals surface area contributed by atoms with E-state index in [1.54, 1.807) is 0 Å². The van der Waals surface area contributed by atoms with E-state index in [9.17, 15) is 4.79 Å². The quantitative estimate of drug-likeness (QED) is 0.760. The summed E-state index contributed by atoms with van der Waals surface area (Å²) in [5.41, 5.74) is 2.72. The van der Waals surface area contributed by atoms with E-state index < -0.39 is 8.07 Å². The van der Waals surface area contributed by atoms with Crippen molar-refractivity contribution in [2.24, 2.45) is 0 Å². The average Bonchev–Trinajstić information content (AvgIpc) is 2.79. The van der Waals surface area contributed by atoms with Gasteiger partial charge in [0.15, 0.2) is 0 Å². The molecule has 3 rings (SSSR count). The van der Waals surface area contributed by atoms with E-state index in [1.165, 1.54) is 17.3 Å². The molecule has 1 aliphatic heterocycles. The summed E-state index contributed by atoms with van der Waals surface area (Å²) in [5.74, 6) is 0.606. The normalized spacial score (nSPS) is 24.9. The molecule has 2 aliphatic rings. The number of hydrogen-bond acceptors (Lipinski definition) is 2. The molecule has 2 unspecified atom stereocenters. The summed E-state index contributed by atoms with van der Waals surface area (Å²) in [4.78, 5) is 15.1. The van der Waals surface area contributed by atoms with E-state index >= 15 is 0 Å². The summed E-state index contributed by atoms with van der Waals surface area (Å²) in [6.07, 6.45) is 4.14. The third kappa shape index (κ3) is 3.69. The number of Topliss-reactive ketones (excluding diaryl/α,β-unsaturated/α-hetero) is 1. The molecule has 1 aromatic carbocycles. The lowest BCUT2D eigenvalue weighted by Gasteiger charge is -2.34. The van der Waals surface area contributed by atoms with E-state index in [1.807, 2.05) is 13.8 Å². The highest BCUT2D eigenvalue weighted by Crippen LogP contribution is 2.39. The van der Waals surface area contributed by atoms with Crippen molar-refractivity contribution in [1.82, 2.24) is 4.90 Å². The molecular formula is C19H31NOSi. The van der Waals surface area contributed by atoms with Gasteiger partial charge in [0, 0.05) is 19.0 Å². The van der Waals surface area contributed by atoms with Crippen molar-refractivity contribution in [3.8, 4) is 0 Å². The van der Waals surface area contributed by atoms with Gasteiger partial charge >= 0.3 is 0 Å². The van der Waals surface area contributed by atoms with Gasteiger partial charge in [-0.3, -0.25) is 4.79 Å². The minimum Gasteiger partial charge on any atom is -0.302 e. The maximum atomic E-state index is 12.4. The molecule has 0 aromatic heterocycles. The van der Waals surface area contributed by atoms with Crippen LogP contribution in [0.4, 0.5) is 0 Å². The van der Waals surface area contributed by atoms with Gasteiger partial charge in [0.1, 0.15) is 5.78 Å². The predicted octanol–water partition coefficient (Wildman–Crippen LogP) is 4.26. The number of carbonyl (C=O) groups excluding carboxylic acids is 1. The van der Waals surface area contributed by atoms with Gasteiger partial charge in [-0.2, -0.15) is 0 Å². The lowest BCUT2D eigenvalue weighted by Crippen LogP contribution is -2.46. The molecule has 1 heterocycles. The van der Waals surface area contributed by atoms with Crippen molar-refractivity contribution in [3.05, 3.63) is 35.4 Å². The second kappa shape index (κ2) is 7.09. The number of carbonyl (C=O) groups is 1. The first kappa shape index (κ1) is 17.4. The van der Waals surface area contributed by atoms with Gasteiger partial charge in [-0.05, 0) is 30.1 Å². The van der Waals surface area contributed by atoms with Crippen LogP contribution in [0.2, 0.25) is 19.6 Å². The van der Waals surface area contributed by atoms with Crippen LogP contribution in [-0.2, 0) is 11.2 Å². The van der Waals surface area contributed by atoms with Crippen molar-refractivity contribution >= 4 is 13.9 Å². The fourth-order valence-corrected chi connectivity index (χ4v) is 5.51. The first-order chi connectivity index (χ1) is 10.5. The number of hydrogen-bond donors (Lipinski definition) is 0. The van der Waals surface area contributed by atoms with E-state index in [-0.39, 0.29) is 5.92 Å². The monoisotopic (exact) mass is 317 g/mol. The number of nitrogens with zero attached hydrogens (tertiary/aromatic N) is 1. The first-order valence-corrected chi connectivity index (χ1v) is 12.5. The number of fused-ring (bicyclic) bond motifs is 3. The molecule has 1 saturated carbocycles. The van der Waals surface area contributed by atoms with E-state index in [4.69, 9.17) is 0 Å². The molecule has 0 radical (unpaired) electrons. The molecule has 1 aliphatic carbocycles. The van der Waals surface area contributed by atoms with Crippen LogP contribution in [0.15, 0.2) is 24.3 Å². The molecule has 3 heteroatoms. The van der Waals surface area contributed by atoms with Crippen LogP contribution in [0.5, 0.6) is 0 Å². The van der Waals surface area contributed by atoms with Gasteiger partial charge in [0.25, 0.3) is 0 Å². The summed E-state index contributed by atoms with van der Waals surface area (Å²) in [7, 11) is -1.14. The maximum absolute atomic E-state index is 12.4. The third-order valence-corrected chi connectivity index (χ3v) is 5.98. The Morgan fingerprint density at radius 2 is 1.82 bits per heavy atom. The van der Waals surface area contributed by atoms with Crippen LogP contribution in [0, 0.1) is 0 Å². The largest absolute Gasteiger partial charge is 0.302 e. The highest BCUT2D eigenvalue weighted by molar-refractivity contribution is 6.76. The molecule has 0 N–H and O–H groups in total. The molecule has 1 fully saturated rings. The van der Waals surface area contributed by atoms with Crippen LogP contribution in [-0.4, -0.2) is 37.5 Å². The zero-order valence-electron chi connectivity index (χ0n) is 14.9. The average molecular weight is 318 g/mol. The van der Waals surface area contributed by atoms with Gasteiger partial charge in [0.05, 0.1) is 14.0 Å². The lowest BCUT2D eigenvalue weighted by molar-refractivity contribution is -0.119. The van der Waals surface area contributed by atoms with E-state index in [0.717, 1.165) is 25.8 Å². The van der Waals surface area contributed by atoms with Crippen molar-refractivity contribution in [1.29, 1.82) is 0 Å². The molecule has 22 heavy (non-hydrogen) atoms. The fraction of sp³-hybridized carbons (Fsp3) is 0.632. The summed E-state index contributed by atoms with van der Waals surface area (Å²) < 4.78 is 0. The van der Waals surface area contributed by atoms with Crippen molar-refractivity contribution in [2.75, 3.05) is 12.7 Å². The number of ketones is 1. The molecule has 1 aromatic rings. The smallest absolute Gasteiger partial charge is 0.141 e. The van der Waals surface area contributed by atoms with Crippen molar-refractivity contribution in [3.63, 3.8) is 0 Å². The second-order valence-electron chi connectivity index (χ2n) is 7.53. The van der Waals surface area contributed by atoms with Crippen LogP contribution < -0.4 is 0 Å². The Hall–Kier alpha value is -0.933. The number of rotatable bonds is 2. The summed E-state index contributed by atoms with van der Waals surface area (Å²) >= 11 is 0. The third-order valence-electron chi connectivity index (χ3n) is 4.62. The molecule has 122 valence electrons. The van der Waals surface area contributed by atoms with Crippen molar-refractivity contribution in [2.45, 2.75) is 64.7 Å². The topological polar surface area (TPSA) is 20.3 Å². The molecular weight excluding hydrogens is 286 g/mol. The molecule has 2 nitrogen and oxygen atoms in total. The molecule has 0 amide bonds. The fourth-order valence-electron chi connectivity index (χ4n) is 3.90. The van der Waals surface area contributed by atoms with E-state index in [2.05, 4.69) is 48.8 Å². The van der Waals surface area contributed by atoms with Gasteiger partial charge in [-0.15, -0.1) is 0 Å². The lowest BCUT2D eigenvalue weighted by atomic mass is 9.90. The molecule has 2 atom stereocenters. The SMILES string of the molecule is CC.C[Si](C)(C)CN1CCc2ccccc2C2C(=O)CCC21. The highest BCUT2D eigenvalue weighted by Gasteiger charge is 2.42. The Bertz CT molecular complexity index is 520. The minimum atomic E-state index is -1.14. The van der Waals surface area contributed by atoms with Crippen LogP contribution in [0.1, 0.15) is 43.7 Å². The first-order valence-electron chi connectivity index (χ1n) is 8.80. The second-order valence-corrected chi connectivity index (χ2v) is 13.0. The van der Waals surface area contributed by atoms with Crippen LogP contribution >= 0.6 is 0 Å². The molecule has 0 spiro atoms. The minimum absolute atomic E-state index is 0.144. The van der Waals surface area contributed by atoms with Crippen LogP contribution in [0.3, 0.4) is 0 Å². The zero-order chi connectivity index (χ0) is 16.3. The Kier molecular flexibility index (Phi) is 5.62. The predicted molar refractivity (Wildman–Crippen MR) is 97.2 cm³/mol. The summed E-state index contributed by atoms with van der Waals surface area (Å²) in [5, 5.41) is 0. The summed E-state index contributed by atoms with van der Waals surface area (Å²) in [6.45, 7) is 12.4. The Balaban J connectivity index is 0.000000847. The number of benzene rings is 1. The van der Waals surface area contributed by atoms with Gasteiger partial charge in [0.2, 0.25) is 0 Å². The van der Waals surface area contributed by atoms with Gasteiger partial charge in [-0.1, -0.05) is 57.8 Å². The Morgan fingerprint density at radius 3 is 2.50 bits per heavy atom. The zero-order valence-corrected chi connectivity index (χ0v) is 15.9. The molecule has 0 bridgehead atoms. The van der Waals surface area contributed by atoms with Gasteiger partial charge in [-0.25, -0.2) is 0 Å². The molecule has 0 saturated heterocycles. The van der Waals surface area contributed by atoms with Gasteiger partial charge < -0.3 is 4.90 Å². The maximum Gasteiger partial charge on any atom is 0.141 e. The van der Waals surface area contributed by atoms with E-state index in [0.29, 0.717) is 11.8 Å².